The van der Waals surface area contributed by atoms with Gasteiger partial charge in [0.2, 0.25) is 10.0 Å². The average Bonchev–Trinajstić information content (AvgIpc) is 2.24. The zero-order valence-electron chi connectivity index (χ0n) is 12.9. The van der Waals surface area contributed by atoms with Crippen molar-refractivity contribution in [3.05, 3.63) is 29.8 Å². The van der Waals surface area contributed by atoms with Crippen LogP contribution in [-0.2, 0) is 14.8 Å². The van der Waals surface area contributed by atoms with Crippen LogP contribution < -0.4 is 4.72 Å². The molecule has 0 aliphatic rings. The molecule has 2 N–H and O–H groups in total. The van der Waals surface area contributed by atoms with Crippen molar-refractivity contribution in [1.82, 2.24) is 0 Å². The summed E-state index contributed by atoms with van der Waals surface area (Å²) < 4.78 is 26.5. The first kappa shape index (κ1) is 17.5. The van der Waals surface area contributed by atoms with Crippen LogP contribution in [0.2, 0.25) is 0 Å². The minimum absolute atomic E-state index is 0.0389. The smallest absolute Gasteiger partial charge is 0.303 e. The lowest BCUT2D eigenvalue weighted by Crippen LogP contribution is -2.26. The second kappa shape index (κ2) is 6.47. The topological polar surface area (TPSA) is 83.5 Å². The van der Waals surface area contributed by atoms with E-state index in [1.807, 2.05) is 27.7 Å². The standard InChI is InChI=1S/C15H23NO4S/c1-11(9-14(17)18)12-5-7-13(8-6-12)16-21(19,20)10-15(2,3)4/h5-8,11,16H,9-10H2,1-4H3,(H,17,18). The van der Waals surface area contributed by atoms with E-state index in [9.17, 15) is 13.2 Å². The van der Waals surface area contributed by atoms with E-state index < -0.39 is 16.0 Å². The molecule has 0 aliphatic heterocycles. The van der Waals surface area contributed by atoms with Gasteiger partial charge in [0.25, 0.3) is 0 Å². The van der Waals surface area contributed by atoms with E-state index in [-0.39, 0.29) is 23.5 Å². The van der Waals surface area contributed by atoms with Gasteiger partial charge in [0.15, 0.2) is 0 Å². The Bertz CT molecular complexity index is 585. The molecule has 21 heavy (non-hydrogen) atoms. The number of carboxylic acid groups (broad SMARTS) is 1. The van der Waals surface area contributed by atoms with Crippen molar-refractivity contribution in [3.63, 3.8) is 0 Å². The van der Waals surface area contributed by atoms with Crippen LogP contribution >= 0.6 is 0 Å². The van der Waals surface area contributed by atoms with Crippen molar-refractivity contribution in [2.45, 2.75) is 40.0 Å². The second-order valence-corrected chi connectivity index (χ2v) is 8.27. The number of hydrogen-bond acceptors (Lipinski definition) is 3. The predicted octanol–water partition coefficient (Wildman–Crippen LogP) is 3.05. The molecule has 1 aromatic rings. The van der Waals surface area contributed by atoms with Crippen LogP contribution in [0.1, 0.15) is 45.6 Å². The van der Waals surface area contributed by atoms with Crippen LogP contribution in [0, 0.1) is 5.41 Å². The maximum absolute atomic E-state index is 12.0. The zero-order chi connectivity index (χ0) is 16.3. The van der Waals surface area contributed by atoms with Crippen LogP contribution in [0.3, 0.4) is 0 Å². The first-order valence-corrected chi connectivity index (χ1v) is 8.46. The maximum Gasteiger partial charge on any atom is 0.303 e. The van der Waals surface area contributed by atoms with E-state index in [0.29, 0.717) is 5.69 Å². The fourth-order valence-electron chi connectivity index (χ4n) is 2.05. The maximum atomic E-state index is 12.0. The largest absolute Gasteiger partial charge is 0.481 e. The third-order valence-electron chi connectivity index (χ3n) is 2.86. The van der Waals surface area contributed by atoms with Crippen molar-refractivity contribution >= 4 is 21.7 Å². The van der Waals surface area contributed by atoms with E-state index in [1.54, 1.807) is 24.3 Å². The highest BCUT2D eigenvalue weighted by Crippen LogP contribution is 2.22. The highest BCUT2D eigenvalue weighted by atomic mass is 32.2. The van der Waals surface area contributed by atoms with Crippen LogP contribution in [0.4, 0.5) is 5.69 Å². The molecule has 0 aliphatic carbocycles. The average molecular weight is 313 g/mol. The molecule has 5 nitrogen and oxygen atoms in total. The summed E-state index contributed by atoms with van der Waals surface area (Å²) in [4.78, 5) is 10.7. The SMILES string of the molecule is CC(CC(=O)O)c1ccc(NS(=O)(=O)CC(C)(C)C)cc1. The zero-order valence-corrected chi connectivity index (χ0v) is 13.7. The van der Waals surface area contributed by atoms with Crippen molar-refractivity contribution in [2.75, 3.05) is 10.5 Å². The Balaban J connectivity index is 2.77. The van der Waals surface area contributed by atoms with E-state index in [0.717, 1.165) is 5.56 Å². The van der Waals surface area contributed by atoms with Gasteiger partial charge in [0.05, 0.1) is 12.2 Å². The molecule has 0 spiro atoms. The molecule has 0 fully saturated rings. The lowest BCUT2D eigenvalue weighted by atomic mass is 9.98. The summed E-state index contributed by atoms with van der Waals surface area (Å²) in [5.41, 5.74) is 1.04. The number of rotatable bonds is 6. The first-order chi connectivity index (χ1) is 9.48. The number of benzene rings is 1. The van der Waals surface area contributed by atoms with Crippen molar-refractivity contribution in [1.29, 1.82) is 0 Å². The number of aliphatic carboxylic acids is 1. The molecule has 0 amide bonds. The summed E-state index contributed by atoms with van der Waals surface area (Å²) in [6.45, 7) is 7.42. The molecule has 0 radical (unpaired) electrons. The highest BCUT2D eigenvalue weighted by Gasteiger charge is 2.21. The fraction of sp³-hybridized carbons (Fsp3) is 0.533. The molecule has 0 heterocycles. The van der Waals surface area contributed by atoms with E-state index in [1.165, 1.54) is 0 Å². The summed E-state index contributed by atoms with van der Waals surface area (Å²) in [6.07, 6.45) is 0.0507. The Kier molecular flexibility index (Phi) is 5.39. The Morgan fingerprint density at radius 1 is 1.24 bits per heavy atom. The summed E-state index contributed by atoms with van der Waals surface area (Å²) in [7, 11) is -3.39. The Morgan fingerprint density at radius 3 is 2.19 bits per heavy atom. The molecule has 1 rings (SSSR count). The van der Waals surface area contributed by atoms with Crippen LogP contribution in [0.5, 0.6) is 0 Å². The van der Waals surface area contributed by atoms with E-state index in [4.69, 9.17) is 5.11 Å². The van der Waals surface area contributed by atoms with Gasteiger partial charge in [-0.05, 0) is 29.0 Å². The number of hydrogen-bond donors (Lipinski definition) is 2. The van der Waals surface area contributed by atoms with Gasteiger partial charge < -0.3 is 5.11 Å². The lowest BCUT2D eigenvalue weighted by Gasteiger charge is -2.19. The first-order valence-electron chi connectivity index (χ1n) is 6.81. The Labute approximate surface area is 126 Å². The molecule has 0 aromatic heterocycles. The summed E-state index contributed by atoms with van der Waals surface area (Å²) in [5, 5.41) is 8.77. The van der Waals surface area contributed by atoms with Crippen molar-refractivity contribution < 1.29 is 18.3 Å². The monoisotopic (exact) mass is 313 g/mol. The number of anilines is 1. The normalized spacial score (nSPS) is 13.7. The van der Waals surface area contributed by atoms with Gasteiger partial charge in [-0.1, -0.05) is 39.8 Å². The summed E-state index contributed by atoms with van der Waals surface area (Å²) in [6, 6.07) is 6.83. The minimum atomic E-state index is -3.39. The van der Waals surface area contributed by atoms with Gasteiger partial charge in [-0.25, -0.2) is 8.42 Å². The minimum Gasteiger partial charge on any atom is -0.481 e. The molecule has 6 heteroatoms. The van der Waals surface area contributed by atoms with Gasteiger partial charge in [0, 0.05) is 5.69 Å². The molecule has 118 valence electrons. The number of carbonyl (C=O) groups is 1. The predicted molar refractivity (Wildman–Crippen MR) is 84.0 cm³/mol. The second-order valence-electron chi connectivity index (χ2n) is 6.54. The Morgan fingerprint density at radius 2 is 1.76 bits per heavy atom. The molecule has 1 aromatic carbocycles. The summed E-state index contributed by atoms with van der Waals surface area (Å²) >= 11 is 0. The number of nitrogens with one attached hydrogen (secondary N) is 1. The van der Waals surface area contributed by atoms with Gasteiger partial charge in [0.1, 0.15) is 0 Å². The van der Waals surface area contributed by atoms with Crippen molar-refractivity contribution in [2.24, 2.45) is 5.41 Å². The molecule has 1 atom stereocenters. The van der Waals surface area contributed by atoms with Crippen LogP contribution in [0.25, 0.3) is 0 Å². The van der Waals surface area contributed by atoms with Gasteiger partial charge in [-0.3, -0.25) is 9.52 Å². The molecular formula is C15H23NO4S. The van der Waals surface area contributed by atoms with Gasteiger partial charge in [-0.15, -0.1) is 0 Å². The quantitative estimate of drug-likeness (QED) is 0.845. The third kappa shape index (κ3) is 6.62. The van der Waals surface area contributed by atoms with E-state index in [2.05, 4.69) is 4.72 Å². The summed E-state index contributed by atoms with van der Waals surface area (Å²) in [5.74, 6) is -0.919. The van der Waals surface area contributed by atoms with Gasteiger partial charge >= 0.3 is 5.97 Å². The van der Waals surface area contributed by atoms with Crippen molar-refractivity contribution in [3.8, 4) is 0 Å². The third-order valence-corrected chi connectivity index (χ3v) is 4.65. The lowest BCUT2D eigenvalue weighted by molar-refractivity contribution is -0.137. The van der Waals surface area contributed by atoms with Crippen LogP contribution in [0.15, 0.2) is 24.3 Å². The number of sulfonamides is 1. The molecule has 0 saturated heterocycles. The fourth-order valence-corrected chi connectivity index (χ4v) is 3.75. The molecule has 0 bridgehead atoms. The van der Waals surface area contributed by atoms with E-state index >= 15 is 0 Å². The molecular weight excluding hydrogens is 290 g/mol. The van der Waals surface area contributed by atoms with Crippen LogP contribution in [-0.4, -0.2) is 25.2 Å². The molecule has 1 unspecified atom stereocenters. The molecule has 0 saturated carbocycles. The Hall–Kier alpha value is -1.56. The highest BCUT2D eigenvalue weighted by molar-refractivity contribution is 7.92. The van der Waals surface area contributed by atoms with Gasteiger partial charge in [-0.2, -0.15) is 0 Å². The number of carboxylic acids is 1.